The molecule has 0 aromatic heterocycles. The lowest BCUT2D eigenvalue weighted by molar-refractivity contribution is -0.137. The Balaban J connectivity index is 2.63. The second-order valence-corrected chi connectivity index (χ2v) is 9.21. The lowest BCUT2D eigenvalue weighted by atomic mass is 9.78. The van der Waals surface area contributed by atoms with Crippen molar-refractivity contribution in [2.75, 3.05) is 0 Å². The predicted octanol–water partition coefficient (Wildman–Crippen LogP) is 7.07. The number of allylic oxidation sites excluding steroid dienone is 1. The summed E-state index contributed by atoms with van der Waals surface area (Å²) in [4.78, 5) is 0. The van der Waals surface area contributed by atoms with Gasteiger partial charge in [0.2, 0.25) is 0 Å². The second-order valence-electron chi connectivity index (χ2n) is 9.21. The van der Waals surface area contributed by atoms with Crippen molar-refractivity contribution in [1.82, 2.24) is 0 Å². The normalized spacial score (nSPS) is 13.3. The third-order valence-corrected chi connectivity index (χ3v) is 4.70. The molecule has 1 N–H and O–H groups in total. The Morgan fingerprint density at radius 2 is 1.34 bits per heavy atom. The van der Waals surface area contributed by atoms with Gasteiger partial charge in [-0.05, 0) is 52.3 Å². The molecule has 5 heteroatoms. The van der Waals surface area contributed by atoms with Crippen molar-refractivity contribution in [2.45, 2.75) is 58.5 Å². The lowest BCUT2D eigenvalue weighted by Crippen LogP contribution is -2.17. The van der Waals surface area contributed by atoms with Gasteiger partial charge in [0, 0.05) is 11.1 Å². The first kappa shape index (κ1) is 22.5. The van der Waals surface area contributed by atoms with E-state index in [2.05, 4.69) is 6.07 Å². The van der Waals surface area contributed by atoms with Crippen LogP contribution in [-0.4, -0.2) is 5.11 Å². The molecule has 0 spiro atoms. The van der Waals surface area contributed by atoms with Gasteiger partial charge < -0.3 is 5.11 Å². The maximum absolute atomic E-state index is 12.8. The van der Waals surface area contributed by atoms with Crippen LogP contribution < -0.4 is 0 Å². The minimum absolute atomic E-state index is 0.232. The number of phenols is 1. The van der Waals surface area contributed by atoms with Crippen LogP contribution in [0.3, 0.4) is 0 Å². The molecule has 2 nitrogen and oxygen atoms in total. The van der Waals surface area contributed by atoms with E-state index in [1.165, 1.54) is 12.1 Å². The molecule has 0 unspecified atom stereocenters. The Morgan fingerprint density at radius 3 is 1.69 bits per heavy atom. The molecule has 2 aromatic carbocycles. The zero-order valence-electron chi connectivity index (χ0n) is 17.6. The van der Waals surface area contributed by atoms with E-state index < -0.39 is 11.7 Å². The summed E-state index contributed by atoms with van der Waals surface area (Å²) in [5, 5.41) is 20.4. The summed E-state index contributed by atoms with van der Waals surface area (Å²) < 4.78 is 38.4. The standard InChI is InChI=1S/C24H26F3NO/c1-22(2,3)19-12-15(13-20(21(19)29)23(4,5)6)11-17(14-28)16-7-9-18(10-8-16)24(25,26)27/h7-13,29H,1-6H3. The monoisotopic (exact) mass is 401 g/mol. The number of nitriles is 1. The van der Waals surface area contributed by atoms with Gasteiger partial charge in [-0.1, -0.05) is 53.7 Å². The van der Waals surface area contributed by atoms with Crippen molar-refractivity contribution in [1.29, 1.82) is 5.26 Å². The minimum Gasteiger partial charge on any atom is -0.507 e. The molecule has 29 heavy (non-hydrogen) atoms. The summed E-state index contributed by atoms with van der Waals surface area (Å²) in [6.45, 7) is 11.9. The van der Waals surface area contributed by atoms with Gasteiger partial charge in [0.25, 0.3) is 0 Å². The van der Waals surface area contributed by atoms with E-state index in [-0.39, 0.29) is 22.2 Å². The van der Waals surface area contributed by atoms with Crippen molar-refractivity contribution in [3.63, 3.8) is 0 Å². The molecule has 2 aromatic rings. The fourth-order valence-electron chi connectivity index (χ4n) is 3.07. The highest BCUT2D eigenvalue weighted by Gasteiger charge is 2.30. The van der Waals surface area contributed by atoms with E-state index in [9.17, 15) is 23.5 Å². The molecule has 0 fully saturated rings. The topological polar surface area (TPSA) is 44.0 Å². The number of halogens is 3. The van der Waals surface area contributed by atoms with E-state index in [0.29, 0.717) is 11.1 Å². The number of nitrogens with zero attached hydrogens (tertiary/aromatic N) is 1. The van der Waals surface area contributed by atoms with E-state index >= 15 is 0 Å². The SMILES string of the molecule is CC(C)(C)c1cc(C=C(C#N)c2ccc(C(F)(F)F)cc2)cc(C(C)(C)C)c1O. The lowest BCUT2D eigenvalue weighted by Gasteiger charge is -2.28. The summed E-state index contributed by atoms with van der Waals surface area (Å²) in [7, 11) is 0. The van der Waals surface area contributed by atoms with Gasteiger partial charge in [-0.2, -0.15) is 18.4 Å². The molecule has 0 atom stereocenters. The molecule has 0 aliphatic carbocycles. The largest absolute Gasteiger partial charge is 0.507 e. The van der Waals surface area contributed by atoms with Crippen LogP contribution in [0.25, 0.3) is 11.6 Å². The number of rotatable bonds is 2. The number of aromatic hydroxyl groups is 1. The smallest absolute Gasteiger partial charge is 0.416 e. The molecule has 154 valence electrons. The highest BCUT2D eigenvalue weighted by molar-refractivity contribution is 5.90. The molecule has 2 rings (SSSR count). The van der Waals surface area contributed by atoms with Crippen LogP contribution in [0, 0.1) is 11.3 Å². The fraction of sp³-hybridized carbons (Fsp3) is 0.375. The number of hydrogen-bond acceptors (Lipinski definition) is 2. The van der Waals surface area contributed by atoms with Gasteiger partial charge >= 0.3 is 6.18 Å². The van der Waals surface area contributed by atoms with Gasteiger partial charge in [-0.25, -0.2) is 0 Å². The average molecular weight is 401 g/mol. The van der Waals surface area contributed by atoms with E-state index in [1.54, 1.807) is 6.08 Å². The van der Waals surface area contributed by atoms with Crippen LogP contribution in [0.5, 0.6) is 5.75 Å². The predicted molar refractivity (Wildman–Crippen MR) is 110 cm³/mol. The molecule has 0 bridgehead atoms. The Labute approximate surface area is 170 Å². The quantitative estimate of drug-likeness (QED) is 0.432. The van der Waals surface area contributed by atoms with Crippen molar-refractivity contribution in [2.24, 2.45) is 0 Å². The first-order chi connectivity index (χ1) is 13.1. The first-order valence-corrected chi connectivity index (χ1v) is 9.32. The van der Waals surface area contributed by atoms with Crippen molar-refractivity contribution < 1.29 is 18.3 Å². The Morgan fingerprint density at radius 1 is 0.897 bits per heavy atom. The average Bonchev–Trinajstić information content (AvgIpc) is 2.58. The molecule has 0 aliphatic heterocycles. The van der Waals surface area contributed by atoms with Crippen LogP contribution in [0.15, 0.2) is 36.4 Å². The summed E-state index contributed by atoms with van der Waals surface area (Å²) in [5.74, 6) is 0.232. The summed E-state index contributed by atoms with van der Waals surface area (Å²) in [6.07, 6.45) is -2.78. The Bertz CT molecular complexity index is 929. The minimum atomic E-state index is -4.42. The van der Waals surface area contributed by atoms with Gasteiger partial charge in [-0.15, -0.1) is 0 Å². The third-order valence-electron chi connectivity index (χ3n) is 4.70. The fourth-order valence-corrected chi connectivity index (χ4v) is 3.07. The van der Waals surface area contributed by atoms with E-state index in [4.69, 9.17) is 0 Å². The van der Waals surface area contributed by atoms with E-state index in [1.807, 2.05) is 53.7 Å². The molecule has 0 amide bonds. The molecule has 0 saturated carbocycles. The van der Waals surface area contributed by atoms with Crippen molar-refractivity contribution in [3.05, 3.63) is 64.2 Å². The van der Waals surface area contributed by atoms with Gasteiger partial charge in [0.05, 0.1) is 17.2 Å². The molecule has 0 radical (unpaired) electrons. The number of alkyl halides is 3. The van der Waals surface area contributed by atoms with Crippen molar-refractivity contribution in [3.8, 4) is 11.8 Å². The molecule has 0 heterocycles. The van der Waals surface area contributed by atoms with Gasteiger partial charge in [0.1, 0.15) is 5.75 Å². The van der Waals surface area contributed by atoms with Crippen LogP contribution in [0.2, 0.25) is 0 Å². The first-order valence-electron chi connectivity index (χ1n) is 9.32. The second kappa shape index (κ2) is 7.59. The van der Waals surface area contributed by atoms with Crippen LogP contribution in [-0.2, 0) is 17.0 Å². The summed E-state index contributed by atoms with van der Waals surface area (Å²) >= 11 is 0. The van der Waals surface area contributed by atoms with Crippen LogP contribution in [0.1, 0.15) is 69.4 Å². The maximum Gasteiger partial charge on any atom is 0.416 e. The highest BCUT2D eigenvalue weighted by Crippen LogP contribution is 2.40. The van der Waals surface area contributed by atoms with Gasteiger partial charge in [-0.3, -0.25) is 0 Å². The molecular weight excluding hydrogens is 375 g/mol. The highest BCUT2D eigenvalue weighted by atomic mass is 19.4. The summed E-state index contributed by atoms with van der Waals surface area (Å²) in [6, 6.07) is 10.3. The van der Waals surface area contributed by atoms with E-state index in [0.717, 1.165) is 23.3 Å². The van der Waals surface area contributed by atoms with Crippen LogP contribution >= 0.6 is 0 Å². The number of phenolic OH excluding ortho intramolecular Hbond substituents is 1. The molecular formula is C24H26F3NO. The van der Waals surface area contributed by atoms with Crippen molar-refractivity contribution >= 4 is 11.6 Å². The molecule has 0 aliphatic rings. The Kier molecular flexibility index (Phi) is 5.90. The van der Waals surface area contributed by atoms with Gasteiger partial charge in [0.15, 0.2) is 0 Å². The zero-order valence-corrected chi connectivity index (χ0v) is 17.6. The maximum atomic E-state index is 12.8. The third kappa shape index (κ3) is 5.20. The number of hydrogen-bond donors (Lipinski definition) is 1. The zero-order chi connectivity index (χ0) is 22.2. The number of benzene rings is 2. The van der Waals surface area contributed by atoms with Crippen LogP contribution in [0.4, 0.5) is 13.2 Å². The Hall–Kier alpha value is -2.74. The summed E-state index contributed by atoms with van der Waals surface area (Å²) in [5.41, 5.74) is 1.47. The molecule has 0 saturated heterocycles.